The SMILES string of the molecule is CC(=O)C1=C(C)OP2(N(C)C)(OC(C)(C)C(C)(C)O2)[C@H]1c1ccccc1. The summed E-state index contributed by atoms with van der Waals surface area (Å²) in [5, 5.41) is 0. The van der Waals surface area contributed by atoms with E-state index in [2.05, 4.69) is 0 Å². The van der Waals surface area contributed by atoms with E-state index in [1.807, 2.05) is 83.7 Å². The minimum absolute atomic E-state index is 0.0191. The van der Waals surface area contributed by atoms with Gasteiger partial charge in [0, 0.05) is 0 Å². The van der Waals surface area contributed by atoms with Crippen molar-refractivity contribution in [3.05, 3.63) is 47.2 Å². The van der Waals surface area contributed by atoms with E-state index in [1.165, 1.54) is 0 Å². The van der Waals surface area contributed by atoms with Crippen molar-refractivity contribution in [1.29, 1.82) is 0 Å². The second-order valence-corrected chi connectivity index (χ2v) is 12.0. The van der Waals surface area contributed by atoms with Crippen LogP contribution in [-0.2, 0) is 18.4 Å². The van der Waals surface area contributed by atoms with Gasteiger partial charge in [0.15, 0.2) is 0 Å². The van der Waals surface area contributed by atoms with Crippen molar-refractivity contribution in [2.45, 2.75) is 58.4 Å². The van der Waals surface area contributed by atoms with Crippen LogP contribution in [0, 0.1) is 0 Å². The predicted molar refractivity (Wildman–Crippen MR) is 105 cm³/mol. The quantitative estimate of drug-likeness (QED) is 0.692. The summed E-state index contributed by atoms with van der Waals surface area (Å²) in [4.78, 5) is 12.6. The number of hydrogen-bond acceptors (Lipinski definition) is 5. The zero-order valence-electron chi connectivity index (χ0n) is 17.0. The zero-order valence-corrected chi connectivity index (χ0v) is 17.9. The molecule has 3 rings (SSSR count). The maximum atomic E-state index is 12.6. The summed E-state index contributed by atoms with van der Waals surface area (Å²) in [6.45, 7) is 11.5. The minimum atomic E-state index is -3.90. The number of hydrogen-bond donors (Lipinski definition) is 0. The van der Waals surface area contributed by atoms with E-state index in [9.17, 15) is 4.79 Å². The molecule has 1 saturated heterocycles. The summed E-state index contributed by atoms with van der Waals surface area (Å²) in [5.74, 6) is 0.570. The fourth-order valence-electron chi connectivity index (χ4n) is 3.95. The molecule has 0 saturated carbocycles. The van der Waals surface area contributed by atoms with Crippen LogP contribution in [-0.4, -0.2) is 35.8 Å². The summed E-state index contributed by atoms with van der Waals surface area (Å²) < 4.78 is 22.1. The molecule has 0 aromatic heterocycles. The van der Waals surface area contributed by atoms with Crippen LogP contribution in [0.2, 0.25) is 0 Å². The molecule has 6 heteroatoms. The number of Topliss-reactive ketones (excluding diaryl/α,β-unsaturated/α-hetero) is 1. The Labute approximate surface area is 156 Å². The number of allylic oxidation sites excluding steroid dienone is 2. The van der Waals surface area contributed by atoms with Gasteiger partial charge in [0.2, 0.25) is 0 Å². The van der Waals surface area contributed by atoms with Gasteiger partial charge < -0.3 is 0 Å². The van der Waals surface area contributed by atoms with Crippen LogP contribution in [0.4, 0.5) is 0 Å². The summed E-state index contributed by atoms with van der Waals surface area (Å²) in [6, 6.07) is 9.92. The molecular formula is C20H30NO4P. The van der Waals surface area contributed by atoms with Gasteiger partial charge in [0.05, 0.1) is 0 Å². The molecule has 5 nitrogen and oxygen atoms in total. The van der Waals surface area contributed by atoms with E-state index >= 15 is 0 Å². The van der Waals surface area contributed by atoms with Crippen LogP contribution in [0.5, 0.6) is 0 Å². The molecule has 1 fully saturated rings. The van der Waals surface area contributed by atoms with Crippen LogP contribution in [0.25, 0.3) is 0 Å². The number of nitrogens with zero attached hydrogens (tertiary/aromatic N) is 1. The third kappa shape index (κ3) is 2.34. The van der Waals surface area contributed by atoms with E-state index < -0.39 is 24.3 Å². The Kier molecular flexibility index (Phi) is 4.21. The first-order chi connectivity index (χ1) is 11.9. The Bertz CT molecular complexity index is 766. The van der Waals surface area contributed by atoms with Gasteiger partial charge >= 0.3 is 156 Å². The van der Waals surface area contributed by atoms with Gasteiger partial charge in [-0.05, 0) is 0 Å². The van der Waals surface area contributed by atoms with Crippen molar-refractivity contribution in [3.63, 3.8) is 0 Å². The van der Waals surface area contributed by atoms with Crippen molar-refractivity contribution in [2.24, 2.45) is 0 Å². The molecule has 0 amide bonds. The van der Waals surface area contributed by atoms with E-state index in [0.717, 1.165) is 5.56 Å². The van der Waals surface area contributed by atoms with Gasteiger partial charge in [-0.15, -0.1) is 0 Å². The number of carbonyl (C=O) groups excluding carboxylic acids is 1. The molecular weight excluding hydrogens is 349 g/mol. The second-order valence-electron chi connectivity index (χ2n) is 8.38. The summed E-state index contributed by atoms with van der Waals surface area (Å²) in [6.07, 6.45) is 0. The van der Waals surface area contributed by atoms with E-state index in [-0.39, 0.29) is 5.78 Å². The Hall–Kier alpha value is -1.26. The third-order valence-electron chi connectivity index (χ3n) is 5.85. The second kappa shape index (κ2) is 5.62. The van der Waals surface area contributed by atoms with E-state index in [4.69, 9.17) is 13.6 Å². The van der Waals surface area contributed by atoms with E-state index in [1.54, 1.807) is 6.92 Å². The average molecular weight is 379 g/mol. The molecule has 26 heavy (non-hydrogen) atoms. The zero-order chi connectivity index (χ0) is 19.6. The average Bonchev–Trinajstić information content (AvgIpc) is 2.85. The summed E-state index contributed by atoms with van der Waals surface area (Å²) >= 11 is 0. The van der Waals surface area contributed by atoms with Gasteiger partial charge in [0.1, 0.15) is 0 Å². The van der Waals surface area contributed by atoms with Crippen LogP contribution in [0.1, 0.15) is 52.8 Å². The van der Waals surface area contributed by atoms with Gasteiger partial charge in [-0.1, -0.05) is 0 Å². The molecule has 0 N–H and O–H groups in total. The van der Waals surface area contributed by atoms with Crippen molar-refractivity contribution in [1.82, 2.24) is 4.67 Å². The topological polar surface area (TPSA) is 48.0 Å². The first-order valence-corrected chi connectivity index (χ1v) is 11.0. The molecule has 0 bridgehead atoms. The standard InChI is InChI=1S/C20H30NO4P/c1-14(22)17-15(2)23-26(21(7)8,18(17)16-12-10-9-11-13-16)24-19(3,4)20(5,6)25-26/h9-13,18H,1-8H3/t18-/m0/s1. The van der Waals surface area contributed by atoms with Crippen molar-refractivity contribution in [2.75, 3.05) is 14.1 Å². The number of benzene rings is 1. The Morgan fingerprint density at radius 2 is 1.54 bits per heavy atom. The number of ketones is 1. The van der Waals surface area contributed by atoms with Crippen LogP contribution < -0.4 is 0 Å². The molecule has 2 aliphatic heterocycles. The van der Waals surface area contributed by atoms with Crippen molar-refractivity contribution < 1.29 is 18.4 Å². The summed E-state index contributed by atoms with van der Waals surface area (Å²) in [5.41, 5.74) is 0.0183. The molecule has 1 atom stereocenters. The first-order valence-electron chi connectivity index (χ1n) is 8.95. The molecule has 0 unspecified atom stereocenters. The molecule has 1 spiro atoms. The molecule has 0 aliphatic carbocycles. The molecule has 1 aromatic carbocycles. The number of rotatable bonds is 3. The van der Waals surface area contributed by atoms with Gasteiger partial charge in [-0.3, -0.25) is 0 Å². The van der Waals surface area contributed by atoms with Crippen LogP contribution >= 0.6 is 7.43 Å². The molecule has 2 heterocycles. The molecule has 2 aliphatic rings. The predicted octanol–water partition coefficient (Wildman–Crippen LogP) is 5.00. The monoisotopic (exact) mass is 379 g/mol. The normalized spacial score (nSPS) is 29.4. The fraction of sp³-hybridized carbons (Fsp3) is 0.550. The Balaban J connectivity index is 2.35. The molecule has 144 valence electrons. The van der Waals surface area contributed by atoms with Crippen LogP contribution in [0.3, 0.4) is 0 Å². The van der Waals surface area contributed by atoms with Crippen LogP contribution in [0.15, 0.2) is 41.7 Å². The fourth-order valence-corrected chi connectivity index (χ4v) is 9.52. The van der Waals surface area contributed by atoms with Gasteiger partial charge in [-0.2, -0.15) is 0 Å². The molecule has 0 radical (unpaired) electrons. The molecule has 1 aromatic rings. The van der Waals surface area contributed by atoms with Crippen molar-refractivity contribution >= 4 is 13.2 Å². The Morgan fingerprint density at radius 1 is 1.04 bits per heavy atom. The third-order valence-corrected chi connectivity index (χ3v) is 10.9. The van der Waals surface area contributed by atoms with Gasteiger partial charge in [-0.25, -0.2) is 0 Å². The first kappa shape index (κ1) is 19.5. The Morgan fingerprint density at radius 3 is 1.96 bits per heavy atom. The maximum absolute atomic E-state index is 12.6. The number of carbonyl (C=O) groups is 1. The van der Waals surface area contributed by atoms with Gasteiger partial charge in [0.25, 0.3) is 0 Å². The van der Waals surface area contributed by atoms with E-state index in [0.29, 0.717) is 11.3 Å². The summed E-state index contributed by atoms with van der Waals surface area (Å²) in [7, 11) is -0.0599. The van der Waals surface area contributed by atoms with Crippen molar-refractivity contribution in [3.8, 4) is 0 Å².